The van der Waals surface area contributed by atoms with Gasteiger partial charge in [0.15, 0.2) is 0 Å². The first kappa shape index (κ1) is 23.7. The lowest BCUT2D eigenvalue weighted by atomic mass is 9.97. The number of hydrogen-bond acceptors (Lipinski definition) is 4. The number of carbonyl (C=O) groups excluding carboxylic acids is 2. The molecule has 2 aromatic carbocycles. The largest absolute Gasteiger partial charge is 0.335 e. The molecule has 33 heavy (non-hydrogen) atoms. The van der Waals surface area contributed by atoms with Crippen LogP contribution < -0.4 is 0 Å². The van der Waals surface area contributed by atoms with Crippen LogP contribution in [0.5, 0.6) is 0 Å². The quantitative estimate of drug-likeness (QED) is 0.641. The number of fused-ring (bicyclic) bond motifs is 1. The lowest BCUT2D eigenvalue weighted by molar-refractivity contribution is -0.166. The van der Waals surface area contributed by atoms with Gasteiger partial charge in [-0.3, -0.25) is 9.59 Å². The zero-order valence-electron chi connectivity index (χ0n) is 18.3. The number of nitrogens with zero attached hydrogens (tertiary/aromatic N) is 3. The van der Waals surface area contributed by atoms with Crippen molar-refractivity contribution in [2.45, 2.75) is 49.8 Å². The molecule has 0 saturated carbocycles. The summed E-state index contributed by atoms with van der Waals surface area (Å²) in [4.78, 5) is 28.9. The van der Waals surface area contributed by atoms with E-state index in [4.69, 9.17) is 11.6 Å². The van der Waals surface area contributed by atoms with E-state index in [1.807, 2.05) is 13.8 Å². The zero-order chi connectivity index (χ0) is 23.9. The van der Waals surface area contributed by atoms with Crippen LogP contribution in [0.3, 0.4) is 0 Å². The molecule has 2 aromatic rings. The Bertz CT molecular complexity index is 1170. The number of piperazine rings is 1. The van der Waals surface area contributed by atoms with E-state index in [9.17, 15) is 22.4 Å². The number of amides is 2. The molecular formula is C23H25ClFN3O4S. The Kier molecular flexibility index (Phi) is 6.48. The minimum Gasteiger partial charge on any atom is -0.335 e. The second-order valence-corrected chi connectivity index (χ2v) is 10.8. The van der Waals surface area contributed by atoms with Crippen LogP contribution in [-0.2, 0) is 26.0 Å². The summed E-state index contributed by atoms with van der Waals surface area (Å²) < 4.78 is 42.5. The van der Waals surface area contributed by atoms with E-state index >= 15 is 0 Å². The molecule has 176 valence electrons. The molecule has 0 radical (unpaired) electrons. The second kappa shape index (κ2) is 9.04. The normalized spacial score (nSPS) is 22.1. The Hall–Kier alpha value is -2.49. The predicted octanol–water partition coefficient (Wildman–Crippen LogP) is 2.89. The van der Waals surface area contributed by atoms with Crippen LogP contribution in [0, 0.1) is 5.82 Å². The predicted molar refractivity (Wildman–Crippen MR) is 121 cm³/mol. The SMILES string of the molecule is CC(C)N1CC2N(C(=O)CCN2S(=O)(=O)c2ccccc2F)C(Cc2ccc(Cl)cc2)C1=O. The van der Waals surface area contributed by atoms with Crippen molar-refractivity contribution in [3.05, 3.63) is 64.9 Å². The van der Waals surface area contributed by atoms with Crippen LogP contribution in [-0.4, -0.2) is 65.7 Å². The molecular weight excluding hydrogens is 469 g/mol. The molecule has 2 heterocycles. The molecule has 4 rings (SSSR count). The Morgan fingerprint density at radius 3 is 2.39 bits per heavy atom. The number of rotatable bonds is 5. The molecule has 0 aliphatic carbocycles. The number of benzene rings is 2. The third-order valence-electron chi connectivity index (χ3n) is 6.14. The summed E-state index contributed by atoms with van der Waals surface area (Å²) in [5.74, 6) is -1.39. The highest BCUT2D eigenvalue weighted by Gasteiger charge is 2.51. The molecule has 2 fully saturated rings. The number of halogens is 2. The van der Waals surface area contributed by atoms with Gasteiger partial charge in [0.1, 0.15) is 22.9 Å². The lowest BCUT2D eigenvalue weighted by Crippen LogP contribution is -2.72. The zero-order valence-corrected chi connectivity index (χ0v) is 19.9. The fourth-order valence-corrected chi connectivity index (χ4v) is 6.25. The van der Waals surface area contributed by atoms with E-state index < -0.39 is 32.9 Å². The van der Waals surface area contributed by atoms with Crippen molar-refractivity contribution in [2.75, 3.05) is 13.1 Å². The van der Waals surface area contributed by atoms with Gasteiger partial charge in [0.05, 0.1) is 6.54 Å². The molecule has 0 aromatic heterocycles. The molecule has 2 amide bonds. The van der Waals surface area contributed by atoms with Crippen molar-refractivity contribution in [1.29, 1.82) is 0 Å². The first-order chi connectivity index (χ1) is 15.6. The third-order valence-corrected chi connectivity index (χ3v) is 8.32. The summed E-state index contributed by atoms with van der Waals surface area (Å²) >= 11 is 5.98. The van der Waals surface area contributed by atoms with Crippen LogP contribution in [0.25, 0.3) is 0 Å². The molecule has 2 atom stereocenters. The van der Waals surface area contributed by atoms with Crippen molar-refractivity contribution in [1.82, 2.24) is 14.1 Å². The monoisotopic (exact) mass is 493 g/mol. The minimum absolute atomic E-state index is 0.0209. The van der Waals surface area contributed by atoms with Gasteiger partial charge in [-0.2, -0.15) is 4.31 Å². The maximum atomic E-state index is 14.4. The number of carbonyl (C=O) groups is 2. The van der Waals surface area contributed by atoms with E-state index in [0.29, 0.717) is 5.02 Å². The van der Waals surface area contributed by atoms with Crippen molar-refractivity contribution >= 4 is 33.4 Å². The molecule has 10 heteroatoms. The fourth-order valence-electron chi connectivity index (χ4n) is 4.48. The maximum absolute atomic E-state index is 14.4. The Labute approximate surface area is 197 Å². The van der Waals surface area contributed by atoms with E-state index in [0.717, 1.165) is 15.9 Å². The van der Waals surface area contributed by atoms with Gasteiger partial charge in [0.2, 0.25) is 21.8 Å². The summed E-state index contributed by atoms with van der Waals surface area (Å²) in [6.07, 6.45) is -0.793. The van der Waals surface area contributed by atoms with Gasteiger partial charge in [-0.15, -0.1) is 0 Å². The smallest absolute Gasteiger partial charge is 0.247 e. The molecule has 2 aliphatic heterocycles. The van der Waals surface area contributed by atoms with Gasteiger partial charge in [-0.05, 0) is 43.7 Å². The maximum Gasteiger partial charge on any atom is 0.247 e. The topological polar surface area (TPSA) is 78.0 Å². The van der Waals surface area contributed by atoms with Gasteiger partial charge < -0.3 is 9.80 Å². The van der Waals surface area contributed by atoms with Gasteiger partial charge in [0, 0.05) is 30.5 Å². The lowest BCUT2D eigenvalue weighted by Gasteiger charge is -2.52. The van der Waals surface area contributed by atoms with Crippen LogP contribution >= 0.6 is 11.6 Å². The summed E-state index contributed by atoms with van der Waals surface area (Å²) in [5, 5.41) is 0.548. The van der Waals surface area contributed by atoms with E-state index in [1.54, 1.807) is 29.2 Å². The highest BCUT2D eigenvalue weighted by atomic mass is 35.5. The Morgan fingerprint density at radius 1 is 1.09 bits per heavy atom. The highest BCUT2D eigenvalue weighted by Crippen LogP contribution is 2.32. The standard InChI is InChI=1S/C23H25ClFN3O4S/c1-15(2)26-14-21-27(33(31,32)20-6-4-3-5-18(20)25)12-11-22(29)28(21)19(23(26)30)13-16-7-9-17(24)10-8-16/h3-10,15,19,21H,11-14H2,1-2H3. The molecule has 2 saturated heterocycles. The Morgan fingerprint density at radius 2 is 1.76 bits per heavy atom. The molecule has 0 bridgehead atoms. The summed E-state index contributed by atoms with van der Waals surface area (Å²) in [5.41, 5.74) is 0.795. The number of hydrogen-bond donors (Lipinski definition) is 0. The molecule has 0 spiro atoms. The average molecular weight is 494 g/mol. The summed E-state index contributed by atoms with van der Waals surface area (Å²) in [6.45, 7) is 3.62. The van der Waals surface area contributed by atoms with Crippen LogP contribution in [0.2, 0.25) is 5.02 Å². The number of sulfonamides is 1. The minimum atomic E-state index is -4.25. The molecule has 2 unspecified atom stereocenters. The molecule has 7 nitrogen and oxygen atoms in total. The summed E-state index contributed by atoms with van der Waals surface area (Å²) in [7, 11) is -4.25. The average Bonchev–Trinajstić information content (AvgIpc) is 2.76. The molecule has 2 aliphatic rings. The molecule has 0 N–H and O–H groups in total. The van der Waals surface area contributed by atoms with Crippen molar-refractivity contribution in [3.63, 3.8) is 0 Å². The van der Waals surface area contributed by atoms with Gasteiger partial charge in [-0.1, -0.05) is 35.9 Å². The Balaban J connectivity index is 1.76. The summed E-state index contributed by atoms with van der Waals surface area (Å²) in [6, 6.07) is 11.1. The van der Waals surface area contributed by atoms with Crippen molar-refractivity contribution < 1.29 is 22.4 Å². The first-order valence-electron chi connectivity index (χ1n) is 10.7. The highest BCUT2D eigenvalue weighted by molar-refractivity contribution is 7.89. The fraction of sp³-hybridized carbons (Fsp3) is 0.391. The van der Waals surface area contributed by atoms with Crippen molar-refractivity contribution in [2.24, 2.45) is 0 Å². The van der Waals surface area contributed by atoms with Crippen molar-refractivity contribution in [3.8, 4) is 0 Å². The van der Waals surface area contributed by atoms with Crippen LogP contribution in [0.1, 0.15) is 25.8 Å². The first-order valence-corrected chi connectivity index (χ1v) is 12.6. The van der Waals surface area contributed by atoms with E-state index in [-0.39, 0.29) is 43.8 Å². The van der Waals surface area contributed by atoms with Crippen LogP contribution in [0.4, 0.5) is 4.39 Å². The van der Waals surface area contributed by atoms with Gasteiger partial charge >= 0.3 is 0 Å². The third kappa shape index (κ3) is 4.37. The van der Waals surface area contributed by atoms with Crippen LogP contribution in [0.15, 0.2) is 53.4 Å². The van der Waals surface area contributed by atoms with E-state index in [2.05, 4.69) is 0 Å². The second-order valence-electron chi connectivity index (χ2n) is 8.51. The van der Waals surface area contributed by atoms with Gasteiger partial charge in [-0.25, -0.2) is 12.8 Å². The van der Waals surface area contributed by atoms with E-state index in [1.165, 1.54) is 23.1 Å². The van der Waals surface area contributed by atoms with Gasteiger partial charge in [0.25, 0.3) is 0 Å².